The number of nitriles is 1. The van der Waals surface area contributed by atoms with E-state index in [0.717, 1.165) is 10.0 Å². The van der Waals surface area contributed by atoms with Crippen LogP contribution < -0.4 is 0 Å². The highest BCUT2D eigenvalue weighted by atomic mass is 79.9. The monoisotopic (exact) mass is 319 g/mol. The fourth-order valence-corrected chi connectivity index (χ4v) is 2.73. The van der Waals surface area contributed by atoms with Gasteiger partial charge in [-0.05, 0) is 29.0 Å². The molecule has 1 aromatic carbocycles. The van der Waals surface area contributed by atoms with Crippen LogP contribution in [0.2, 0.25) is 0 Å². The SMILES string of the molecule is CC1(C)C(C=C(C#N)c2ccc(Br)cc2)C1C(=O)O. The number of rotatable bonds is 3. The lowest BCUT2D eigenvalue weighted by molar-refractivity contribution is -0.139. The van der Waals surface area contributed by atoms with Crippen LogP contribution in [0.15, 0.2) is 34.8 Å². The number of benzene rings is 1. The normalized spacial score (nSPS) is 24.6. The zero-order valence-electron chi connectivity index (χ0n) is 10.7. The van der Waals surface area contributed by atoms with Crippen LogP contribution in [-0.2, 0) is 4.79 Å². The molecule has 0 bridgehead atoms. The van der Waals surface area contributed by atoms with Gasteiger partial charge in [-0.15, -0.1) is 0 Å². The Kier molecular flexibility index (Phi) is 3.51. The van der Waals surface area contributed by atoms with Crippen molar-refractivity contribution < 1.29 is 9.90 Å². The summed E-state index contributed by atoms with van der Waals surface area (Å²) in [4.78, 5) is 11.1. The highest BCUT2D eigenvalue weighted by Crippen LogP contribution is 2.59. The first-order valence-corrected chi connectivity index (χ1v) is 6.78. The van der Waals surface area contributed by atoms with Gasteiger partial charge in [-0.2, -0.15) is 5.26 Å². The van der Waals surface area contributed by atoms with Crippen LogP contribution in [0.25, 0.3) is 5.57 Å². The average Bonchev–Trinajstić information content (AvgIpc) is 2.89. The number of hydrogen-bond acceptors (Lipinski definition) is 2. The molecule has 2 rings (SSSR count). The molecule has 0 amide bonds. The third-order valence-corrected chi connectivity index (χ3v) is 4.33. The Balaban J connectivity index is 2.29. The lowest BCUT2D eigenvalue weighted by Crippen LogP contribution is -2.03. The second-order valence-electron chi connectivity index (χ2n) is 5.36. The zero-order valence-corrected chi connectivity index (χ0v) is 12.3. The number of carbonyl (C=O) groups is 1. The first-order valence-electron chi connectivity index (χ1n) is 5.98. The van der Waals surface area contributed by atoms with Gasteiger partial charge in [-0.1, -0.05) is 48.0 Å². The van der Waals surface area contributed by atoms with E-state index in [1.54, 1.807) is 6.08 Å². The molecule has 1 N–H and O–H groups in total. The van der Waals surface area contributed by atoms with Crippen LogP contribution >= 0.6 is 15.9 Å². The molecular formula is C15H14BrNO2. The summed E-state index contributed by atoms with van der Waals surface area (Å²) in [7, 11) is 0. The summed E-state index contributed by atoms with van der Waals surface area (Å²) in [5.74, 6) is -1.27. The zero-order chi connectivity index (χ0) is 14.2. The molecule has 1 aliphatic carbocycles. The molecule has 1 saturated carbocycles. The molecule has 0 aliphatic heterocycles. The summed E-state index contributed by atoms with van der Waals surface area (Å²) in [6, 6.07) is 9.60. The van der Waals surface area contributed by atoms with Gasteiger partial charge in [-0.3, -0.25) is 4.79 Å². The highest BCUT2D eigenvalue weighted by molar-refractivity contribution is 9.10. The summed E-state index contributed by atoms with van der Waals surface area (Å²) >= 11 is 3.35. The molecular weight excluding hydrogens is 306 g/mol. The van der Waals surface area contributed by atoms with Crippen molar-refractivity contribution in [3.8, 4) is 6.07 Å². The van der Waals surface area contributed by atoms with E-state index in [1.807, 2.05) is 38.1 Å². The fourth-order valence-electron chi connectivity index (χ4n) is 2.47. The molecule has 19 heavy (non-hydrogen) atoms. The van der Waals surface area contributed by atoms with Crippen molar-refractivity contribution in [1.82, 2.24) is 0 Å². The van der Waals surface area contributed by atoms with Crippen LogP contribution in [0.3, 0.4) is 0 Å². The second kappa shape index (κ2) is 4.82. The Morgan fingerprint density at radius 2 is 2.00 bits per heavy atom. The first kappa shape index (κ1) is 13.8. The molecule has 0 heterocycles. The first-order chi connectivity index (χ1) is 8.87. The molecule has 1 aliphatic rings. The van der Waals surface area contributed by atoms with E-state index in [2.05, 4.69) is 22.0 Å². The van der Waals surface area contributed by atoms with E-state index < -0.39 is 11.9 Å². The number of carboxylic acid groups (broad SMARTS) is 1. The van der Waals surface area contributed by atoms with E-state index in [9.17, 15) is 10.1 Å². The Labute approximate surface area is 120 Å². The minimum absolute atomic E-state index is 0.0803. The molecule has 0 saturated heterocycles. The minimum Gasteiger partial charge on any atom is -0.481 e. The van der Waals surface area contributed by atoms with Crippen LogP contribution in [-0.4, -0.2) is 11.1 Å². The van der Waals surface area contributed by atoms with E-state index in [-0.39, 0.29) is 11.3 Å². The van der Waals surface area contributed by atoms with Gasteiger partial charge in [0, 0.05) is 4.47 Å². The summed E-state index contributed by atoms with van der Waals surface area (Å²) in [5.41, 5.74) is 1.08. The fraction of sp³-hybridized carbons (Fsp3) is 0.333. The second-order valence-corrected chi connectivity index (χ2v) is 6.28. The Morgan fingerprint density at radius 3 is 2.42 bits per heavy atom. The van der Waals surface area contributed by atoms with Gasteiger partial charge in [-0.25, -0.2) is 0 Å². The number of allylic oxidation sites excluding steroid dienone is 2. The van der Waals surface area contributed by atoms with Crippen molar-refractivity contribution in [3.63, 3.8) is 0 Å². The topological polar surface area (TPSA) is 61.1 Å². The molecule has 2 atom stereocenters. The lowest BCUT2D eigenvalue weighted by atomic mass is 10.0. The number of nitrogens with zero attached hydrogens (tertiary/aromatic N) is 1. The van der Waals surface area contributed by atoms with Gasteiger partial charge in [0.1, 0.15) is 0 Å². The van der Waals surface area contributed by atoms with E-state index >= 15 is 0 Å². The number of carboxylic acids is 1. The van der Waals surface area contributed by atoms with Crippen molar-refractivity contribution in [1.29, 1.82) is 5.26 Å². The van der Waals surface area contributed by atoms with Crippen molar-refractivity contribution >= 4 is 27.5 Å². The molecule has 98 valence electrons. The number of hydrogen-bond donors (Lipinski definition) is 1. The van der Waals surface area contributed by atoms with Gasteiger partial charge in [0.15, 0.2) is 0 Å². The van der Waals surface area contributed by atoms with E-state index in [0.29, 0.717) is 5.57 Å². The maximum Gasteiger partial charge on any atom is 0.307 e. The molecule has 0 aromatic heterocycles. The summed E-state index contributed by atoms with van der Waals surface area (Å²) < 4.78 is 0.948. The van der Waals surface area contributed by atoms with Crippen molar-refractivity contribution in [3.05, 3.63) is 40.4 Å². The predicted molar refractivity (Wildman–Crippen MR) is 76.1 cm³/mol. The van der Waals surface area contributed by atoms with Crippen molar-refractivity contribution in [2.45, 2.75) is 13.8 Å². The number of aliphatic carboxylic acids is 1. The Hall–Kier alpha value is -1.60. The summed E-state index contributed by atoms with van der Waals surface area (Å²) in [6.45, 7) is 3.84. The Bertz CT molecular complexity index is 581. The quantitative estimate of drug-likeness (QED) is 0.864. The molecule has 4 heteroatoms. The third kappa shape index (κ3) is 2.57. The maximum atomic E-state index is 11.1. The largest absolute Gasteiger partial charge is 0.481 e. The molecule has 0 spiro atoms. The van der Waals surface area contributed by atoms with Gasteiger partial charge < -0.3 is 5.11 Å². The Morgan fingerprint density at radius 1 is 1.42 bits per heavy atom. The molecule has 1 aromatic rings. The van der Waals surface area contributed by atoms with Crippen molar-refractivity contribution in [2.75, 3.05) is 0 Å². The molecule has 0 radical (unpaired) electrons. The van der Waals surface area contributed by atoms with Gasteiger partial charge in [0.2, 0.25) is 0 Å². The van der Waals surface area contributed by atoms with Crippen LogP contribution in [0.4, 0.5) is 0 Å². The molecule has 1 fully saturated rings. The van der Waals surface area contributed by atoms with Gasteiger partial charge >= 0.3 is 5.97 Å². The summed E-state index contributed by atoms with van der Waals surface area (Å²) in [6.07, 6.45) is 1.79. The third-order valence-electron chi connectivity index (χ3n) is 3.80. The minimum atomic E-state index is -0.792. The maximum absolute atomic E-state index is 11.1. The summed E-state index contributed by atoms with van der Waals surface area (Å²) in [5, 5.41) is 18.4. The average molecular weight is 320 g/mol. The number of halogens is 1. The molecule has 2 unspecified atom stereocenters. The van der Waals surface area contributed by atoms with E-state index in [1.165, 1.54) is 0 Å². The van der Waals surface area contributed by atoms with E-state index in [4.69, 9.17) is 5.11 Å². The molecule has 3 nitrogen and oxygen atoms in total. The smallest absolute Gasteiger partial charge is 0.307 e. The van der Waals surface area contributed by atoms with Crippen LogP contribution in [0.5, 0.6) is 0 Å². The highest BCUT2D eigenvalue weighted by Gasteiger charge is 2.61. The van der Waals surface area contributed by atoms with Crippen LogP contribution in [0.1, 0.15) is 19.4 Å². The van der Waals surface area contributed by atoms with Crippen molar-refractivity contribution in [2.24, 2.45) is 17.3 Å². The standard InChI is InChI=1S/C15H14BrNO2/c1-15(2)12(13(15)14(18)19)7-10(8-17)9-3-5-11(16)6-4-9/h3-7,12-13H,1-2H3,(H,18,19). The predicted octanol–water partition coefficient (Wildman–Crippen LogP) is 3.71. The van der Waals surface area contributed by atoms with Gasteiger partial charge in [0.05, 0.1) is 17.6 Å². The lowest BCUT2D eigenvalue weighted by Gasteiger charge is -2.01. The van der Waals surface area contributed by atoms with Crippen LogP contribution in [0, 0.1) is 28.6 Å². The van der Waals surface area contributed by atoms with Gasteiger partial charge in [0.25, 0.3) is 0 Å².